The lowest BCUT2D eigenvalue weighted by atomic mass is 9.93. The van der Waals surface area contributed by atoms with Crippen LogP contribution in [0.25, 0.3) is 5.69 Å². The van der Waals surface area contributed by atoms with Gasteiger partial charge in [-0.2, -0.15) is 5.10 Å². The summed E-state index contributed by atoms with van der Waals surface area (Å²) < 4.78 is 7.38. The molecule has 3 aromatic carbocycles. The highest BCUT2D eigenvalue weighted by Gasteiger charge is 2.32. The molecule has 3 amide bonds. The molecule has 0 bridgehead atoms. The van der Waals surface area contributed by atoms with Crippen molar-refractivity contribution in [1.82, 2.24) is 19.6 Å². The molecule has 5 rings (SSSR count). The molecule has 2 N–H and O–H groups in total. The van der Waals surface area contributed by atoms with Gasteiger partial charge in [0.15, 0.2) is 5.69 Å². The van der Waals surface area contributed by atoms with E-state index in [4.69, 9.17) is 9.84 Å². The number of benzene rings is 3. The van der Waals surface area contributed by atoms with Gasteiger partial charge in [-0.15, -0.1) is 0 Å². The van der Waals surface area contributed by atoms with Crippen LogP contribution in [0.3, 0.4) is 0 Å². The molecule has 51 heavy (non-hydrogen) atoms. The smallest absolute Gasteiger partial charge is 0.274 e. The van der Waals surface area contributed by atoms with E-state index in [1.54, 1.807) is 33.8 Å². The summed E-state index contributed by atoms with van der Waals surface area (Å²) in [5, 5.41) is 18.1. The molecule has 10 heteroatoms. The predicted octanol–water partition coefficient (Wildman–Crippen LogP) is 6.72. The maximum absolute atomic E-state index is 14.5. The molecule has 1 atom stereocenters. The number of fused-ring (bicyclic) bond motifs is 1. The Kier molecular flexibility index (Phi) is 13.5. The van der Waals surface area contributed by atoms with Crippen LogP contribution in [0.15, 0.2) is 78.9 Å². The van der Waals surface area contributed by atoms with Crippen molar-refractivity contribution in [2.75, 3.05) is 31.6 Å². The summed E-state index contributed by atoms with van der Waals surface area (Å²) in [4.78, 5) is 44.8. The number of carbonyl (C=O) groups is 3. The average Bonchev–Trinajstić information content (AvgIpc) is 3.55. The van der Waals surface area contributed by atoms with Crippen LogP contribution in [0.1, 0.15) is 95.6 Å². The van der Waals surface area contributed by atoms with Crippen LogP contribution < -0.4 is 5.32 Å². The summed E-state index contributed by atoms with van der Waals surface area (Å²) in [6.45, 7) is 8.48. The number of hydrogen-bond donors (Lipinski definition) is 2. The number of nitrogens with one attached hydrogen (secondary N) is 1. The monoisotopic (exact) mass is 693 g/mol. The molecule has 0 radical (unpaired) electrons. The van der Waals surface area contributed by atoms with Gasteiger partial charge in [0, 0.05) is 44.0 Å². The fourth-order valence-corrected chi connectivity index (χ4v) is 6.43. The Morgan fingerprint density at radius 1 is 0.922 bits per heavy atom. The number of unbranched alkanes of at least 4 members (excludes halogenated alkanes) is 2. The number of aliphatic hydroxyl groups excluding tert-OH is 1. The summed E-state index contributed by atoms with van der Waals surface area (Å²) in [6, 6.07) is 24.4. The summed E-state index contributed by atoms with van der Waals surface area (Å²) in [6.07, 6.45) is 5.11. The van der Waals surface area contributed by atoms with Crippen LogP contribution in [-0.2, 0) is 29.1 Å². The van der Waals surface area contributed by atoms with Crippen LogP contribution in [-0.4, -0.2) is 74.8 Å². The van der Waals surface area contributed by atoms with Gasteiger partial charge in [-0.25, -0.2) is 4.68 Å². The Morgan fingerprint density at radius 2 is 1.63 bits per heavy atom. The Balaban J connectivity index is 1.40. The number of aromatic nitrogens is 2. The predicted molar refractivity (Wildman–Crippen MR) is 199 cm³/mol. The number of anilines is 1. The van der Waals surface area contributed by atoms with Gasteiger partial charge in [0.2, 0.25) is 5.91 Å². The second kappa shape index (κ2) is 18.4. The van der Waals surface area contributed by atoms with E-state index in [0.29, 0.717) is 74.0 Å². The highest BCUT2D eigenvalue weighted by Crippen LogP contribution is 2.29. The molecule has 1 aromatic heterocycles. The van der Waals surface area contributed by atoms with Gasteiger partial charge in [-0.05, 0) is 73.6 Å². The minimum atomic E-state index is -0.420. The van der Waals surface area contributed by atoms with Crippen molar-refractivity contribution in [3.05, 3.63) is 113 Å². The van der Waals surface area contributed by atoms with Gasteiger partial charge in [0.25, 0.3) is 11.8 Å². The van der Waals surface area contributed by atoms with E-state index in [2.05, 4.69) is 19.2 Å². The summed E-state index contributed by atoms with van der Waals surface area (Å²) >= 11 is 0. The van der Waals surface area contributed by atoms with Crippen molar-refractivity contribution in [2.45, 2.75) is 84.9 Å². The minimum absolute atomic E-state index is 0.128. The first-order chi connectivity index (χ1) is 24.8. The van der Waals surface area contributed by atoms with Gasteiger partial charge in [-0.1, -0.05) is 81.3 Å². The van der Waals surface area contributed by atoms with Crippen LogP contribution in [0, 0.1) is 6.92 Å². The SMILES string of the molecule is CCCCN(CCCC)C(=O)c1cc(C)n(-c2ccc(NC(=O)CCCOCc3ccccc3)cc2C(=O)N2Cc3ccccc3CC2CO)n1. The number of rotatable bonds is 17. The third-order valence-corrected chi connectivity index (χ3v) is 9.33. The lowest BCUT2D eigenvalue weighted by Crippen LogP contribution is -2.46. The first-order valence-corrected chi connectivity index (χ1v) is 18.2. The molecule has 2 heterocycles. The second-order valence-corrected chi connectivity index (χ2v) is 13.2. The quantitative estimate of drug-likeness (QED) is 0.119. The normalized spacial score (nSPS) is 13.9. The lowest BCUT2D eigenvalue weighted by Gasteiger charge is -2.36. The third-order valence-electron chi connectivity index (χ3n) is 9.33. The molecule has 1 unspecified atom stereocenters. The Labute approximate surface area is 301 Å². The molecule has 0 fully saturated rings. The molecule has 0 saturated heterocycles. The standard InChI is InChI=1S/C41H51N5O5/c1-4-6-21-44(22-7-5-2)41(50)37-24-30(3)46(43-37)38-20-19-34(42-39(48)18-13-23-51-29-31-14-9-8-10-15-31)26-36(38)40(49)45-27-33-17-12-11-16-32(33)25-35(45)28-47/h8-12,14-17,19-20,24,26,35,47H,4-7,13,18,21-23,25,27-29H2,1-3H3,(H,42,48). The maximum Gasteiger partial charge on any atom is 0.274 e. The summed E-state index contributed by atoms with van der Waals surface area (Å²) in [5.41, 5.74) is 5.52. The van der Waals surface area contributed by atoms with Crippen LogP contribution in [0.2, 0.25) is 0 Å². The van der Waals surface area contributed by atoms with Crippen LogP contribution >= 0.6 is 0 Å². The number of carbonyl (C=O) groups excluding carboxylic acids is 3. The van der Waals surface area contributed by atoms with Crippen molar-refractivity contribution >= 4 is 23.4 Å². The molecule has 0 aliphatic carbocycles. The average molecular weight is 694 g/mol. The number of ether oxygens (including phenoxy) is 1. The molecule has 0 saturated carbocycles. The zero-order valence-corrected chi connectivity index (χ0v) is 30.1. The number of amides is 3. The van der Waals surface area contributed by atoms with Crippen molar-refractivity contribution in [3.63, 3.8) is 0 Å². The van der Waals surface area contributed by atoms with E-state index in [0.717, 1.165) is 42.4 Å². The lowest BCUT2D eigenvalue weighted by molar-refractivity contribution is -0.116. The highest BCUT2D eigenvalue weighted by atomic mass is 16.5. The molecule has 0 spiro atoms. The summed E-state index contributed by atoms with van der Waals surface area (Å²) in [7, 11) is 0. The zero-order chi connectivity index (χ0) is 36.2. The van der Waals surface area contributed by atoms with Crippen molar-refractivity contribution in [3.8, 4) is 5.69 Å². The van der Waals surface area contributed by atoms with Gasteiger partial charge < -0.3 is 25.0 Å². The van der Waals surface area contributed by atoms with Crippen LogP contribution in [0.5, 0.6) is 0 Å². The van der Waals surface area contributed by atoms with Gasteiger partial charge in [0.05, 0.1) is 30.5 Å². The fraction of sp³-hybridized carbons (Fsp3) is 0.415. The largest absolute Gasteiger partial charge is 0.394 e. The highest BCUT2D eigenvalue weighted by molar-refractivity contribution is 6.01. The van der Waals surface area contributed by atoms with E-state index in [-0.39, 0.29) is 30.7 Å². The Morgan fingerprint density at radius 3 is 2.33 bits per heavy atom. The fourth-order valence-electron chi connectivity index (χ4n) is 6.43. The van der Waals surface area contributed by atoms with Crippen molar-refractivity contribution in [1.29, 1.82) is 0 Å². The van der Waals surface area contributed by atoms with E-state index in [9.17, 15) is 19.5 Å². The molecular weight excluding hydrogens is 642 g/mol. The van der Waals surface area contributed by atoms with E-state index in [1.165, 1.54) is 0 Å². The van der Waals surface area contributed by atoms with Crippen molar-refractivity contribution in [2.24, 2.45) is 0 Å². The topological polar surface area (TPSA) is 117 Å². The van der Waals surface area contributed by atoms with Gasteiger partial charge >= 0.3 is 0 Å². The molecular formula is C41H51N5O5. The van der Waals surface area contributed by atoms with E-state index in [1.807, 2.05) is 66.4 Å². The molecule has 1 aliphatic rings. The molecule has 4 aromatic rings. The Hall–Kier alpha value is -4.80. The van der Waals surface area contributed by atoms with E-state index < -0.39 is 6.04 Å². The third kappa shape index (κ3) is 9.71. The van der Waals surface area contributed by atoms with Crippen LogP contribution in [0.4, 0.5) is 5.69 Å². The Bertz CT molecular complexity index is 1760. The maximum atomic E-state index is 14.5. The summed E-state index contributed by atoms with van der Waals surface area (Å²) in [5.74, 6) is -0.609. The first kappa shape index (κ1) is 37.5. The number of hydrogen-bond acceptors (Lipinski definition) is 6. The minimum Gasteiger partial charge on any atom is -0.394 e. The molecule has 10 nitrogen and oxygen atoms in total. The van der Waals surface area contributed by atoms with Gasteiger partial charge in [-0.3, -0.25) is 14.4 Å². The first-order valence-electron chi connectivity index (χ1n) is 18.2. The number of aryl methyl sites for hydroxylation is 1. The van der Waals surface area contributed by atoms with Crippen molar-refractivity contribution < 1.29 is 24.2 Å². The zero-order valence-electron chi connectivity index (χ0n) is 30.1. The molecule has 1 aliphatic heterocycles. The molecule has 270 valence electrons. The number of aliphatic hydroxyl groups is 1. The van der Waals surface area contributed by atoms with Gasteiger partial charge in [0.1, 0.15) is 0 Å². The van der Waals surface area contributed by atoms with E-state index >= 15 is 0 Å². The number of nitrogens with zero attached hydrogens (tertiary/aromatic N) is 4. The second-order valence-electron chi connectivity index (χ2n) is 13.2.